The Balaban J connectivity index is 0.00000225. The van der Waals surface area contributed by atoms with Crippen molar-refractivity contribution in [3.8, 4) is 5.75 Å². The number of aromatic hydroxyl groups is 1. The Labute approximate surface area is 158 Å². The molecule has 4 heteroatoms. The first-order valence-corrected chi connectivity index (χ1v) is 7.89. The van der Waals surface area contributed by atoms with Gasteiger partial charge in [0.25, 0.3) is 0 Å². The van der Waals surface area contributed by atoms with Crippen molar-refractivity contribution in [2.24, 2.45) is 0 Å². The molecule has 0 spiro atoms. The molecule has 0 bridgehead atoms. The molecular weight excluding hydrogens is 381 g/mol. The van der Waals surface area contributed by atoms with Gasteiger partial charge in [-0.1, -0.05) is 29.8 Å². The molecule has 3 rings (SSSR count). The molecule has 0 saturated heterocycles. The molecule has 1 aliphatic heterocycles. The van der Waals surface area contributed by atoms with Crippen molar-refractivity contribution in [2.45, 2.75) is 6.92 Å². The third-order valence-electron chi connectivity index (χ3n) is 4.04. The molecule has 1 aliphatic rings. The maximum atomic E-state index is 13.3. The van der Waals surface area contributed by atoms with Gasteiger partial charge < -0.3 is 10.0 Å². The average molecular weight is 402 g/mol. The summed E-state index contributed by atoms with van der Waals surface area (Å²) >= 11 is 0. The molecule has 0 saturated carbocycles. The van der Waals surface area contributed by atoms with Crippen molar-refractivity contribution in [2.75, 3.05) is 13.6 Å². The number of rotatable bonds is 3. The summed E-state index contributed by atoms with van der Waals surface area (Å²) in [4.78, 5) is 2.08. The standard InChI is InChI=1S/C21H20FNO.BrH/c1-15-3-8-21(24)20(13-15)19(17-4-6-18(22)7-5-17)14-16-9-11-23(2)12-10-16;/h3-11,13-14,24H,12H2,1-2H3;1H. The van der Waals surface area contributed by atoms with Crippen LogP contribution in [0.4, 0.5) is 4.39 Å². The van der Waals surface area contributed by atoms with Crippen LogP contribution in [0.15, 0.2) is 72.5 Å². The molecule has 0 aliphatic carbocycles. The largest absolute Gasteiger partial charge is 0.507 e. The molecule has 0 fully saturated rings. The van der Waals surface area contributed by atoms with Crippen LogP contribution in [-0.4, -0.2) is 23.6 Å². The van der Waals surface area contributed by atoms with E-state index in [9.17, 15) is 9.50 Å². The van der Waals surface area contributed by atoms with Gasteiger partial charge in [-0.25, -0.2) is 4.39 Å². The lowest BCUT2D eigenvalue weighted by atomic mass is 9.93. The van der Waals surface area contributed by atoms with E-state index in [0.29, 0.717) is 0 Å². The Morgan fingerprint density at radius 2 is 1.88 bits per heavy atom. The highest BCUT2D eigenvalue weighted by Gasteiger charge is 2.12. The van der Waals surface area contributed by atoms with Gasteiger partial charge in [0.1, 0.15) is 11.6 Å². The number of benzene rings is 2. The maximum Gasteiger partial charge on any atom is 0.123 e. The van der Waals surface area contributed by atoms with E-state index in [-0.39, 0.29) is 28.5 Å². The SMILES string of the molecule is Br.Cc1ccc(O)c(C(=CC2=CCN(C)C=C2)c2ccc(F)cc2)c1. The van der Waals surface area contributed by atoms with Crippen molar-refractivity contribution in [1.82, 2.24) is 4.90 Å². The highest BCUT2D eigenvalue weighted by molar-refractivity contribution is 8.93. The van der Waals surface area contributed by atoms with Gasteiger partial charge in [-0.3, -0.25) is 0 Å². The lowest BCUT2D eigenvalue weighted by Crippen LogP contribution is -2.13. The topological polar surface area (TPSA) is 23.5 Å². The molecule has 0 aromatic heterocycles. The minimum absolute atomic E-state index is 0. The Hall–Kier alpha value is -2.33. The van der Waals surface area contributed by atoms with Crippen LogP contribution in [0.25, 0.3) is 5.57 Å². The second-order valence-electron chi connectivity index (χ2n) is 6.04. The predicted molar refractivity (Wildman–Crippen MR) is 106 cm³/mol. The van der Waals surface area contributed by atoms with E-state index in [1.54, 1.807) is 18.2 Å². The molecule has 2 nitrogen and oxygen atoms in total. The summed E-state index contributed by atoms with van der Waals surface area (Å²) in [5, 5.41) is 10.3. The summed E-state index contributed by atoms with van der Waals surface area (Å²) in [5.74, 6) is -0.0568. The monoisotopic (exact) mass is 401 g/mol. The van der Waals surface area contributed by atoms with Crippen LogP contribution in [0, 0.1) is 12.7 Å². The zero-order valence-corrected chi connectivity index (χ0v) is 16.0. The van der Waals surface area contributed by atoms with E-state index in [2.05, 4.69) is 11.0 Å². The van der Waals surface area contributed by atoms with Gasteiger partial charge in [0, 0.05) is 19.2 Å². The second kappa shape index (κ2) is 8.17. The smallest absolute Gasteiger partial charge is 0.123 e. The number of phenolic OH excluding ortho intramolecular Hbond substituents is 1. The van der Waals surface area contributed by atoms with Crippen molar-refractivity contribution in [3.63, 3.8) is 0 Å². The first kappa shape index (κ1) is 19.0. The van der Waals surface area contributed by atoms with E-state index >= 15 is 0 Å². The molecule has 2 aromatic rings. The number of nitrogens with zero attached hydrogens (tertiary/aromatic N) is 1. The lowest BCUT2D eigenvalue weighted by Gasteiger charge is -2.17. The molecule has 1 N–H and O–H groups in total. The first-order chi connectivity index (χ1) is 11.5. The van der Waals surface area contributed by atoms with E-state index in [4.69, 9.17) is 0 Å². The molecule has 25 heavy (non-hydrogen) atoms. The van der Waals surface area contributed by atoms with E-state index in [0.717, 1.165) is 34.4 Å². The Morgan fingerprint density at radius 3 is 2.52 bits per heavy atom. The van der Waals surface area contributed by atoms with Crippen LogP contribution in [0.5, 0.6) is 5.75 Å². The number of hydrogen-bond donors (Lipinski definition) is 1. The fraction of sp³-hybridized carbons (Fsp3) is 0.143. The van der Waals surface area contributed by atoms with Crippen LogP contribution in [0.1, 0.15) is 16.7 Å². The molecule has 130 valence electrons. The number of halogens is 2. The lowest BCUT2D eigenvalue weighted by molar-refractivity contribution is 0.473. The van der Waals surface area contributed by atoms with Crippen LogP contribution >= 0.6 is 17.0 Å². The third-order valence-corrected chi connectivity index (χ3v) is 4.04. The Morgan fingerprint density at radius 1 is 1.16 bits per heavy atom. The van der Waals surface area contributed by atoms with Gasteiger partial charge in [0.15, 0.2) is 0 Å². The highest BCUT2D eigenvalue weighted by Crippen LogP contribution is 2.32. The fourth-order valence-corrected chi connectivity index (χ4v) is 2.68. The summed E-state index contributed by atoms with van der Waals surface area (Å²) < 4.78 is 13.3. The molecule has 0 radical (unpaired) electrons. The van der Waals surface area contributed by atoms with Crippen LogP contribution in [-0.2, 0) is 0 Å². The minimum Gasteiger partial charge on any atom is -0.507 e. The van der Waals surface area contributed by atoms with Gasteiger partial charge in [-0.2, -0.15) is 0 Å². The predicted octanol–water partition coefficient (Wildman–Crippen LogP) is 5.23. The third kappa shape index (κ3) is 4.60. The van der Waals surface area contributed by atoms with Crippen molar-refractivity contribution in [3.05, 3.63) is 95.0 Å². The molecule has 0 atom stereocenters. The molecular formula is C21H21BrFNO. The molecule has 0 unspecified atom stereocenters. The Bertz CT molecular complexity index is 837. The first-order valence-electron chi connectivity index (χ1n) is 7.89. The maximum absolute atomic E-state index is 13.3. The number of hydrogen-bond acceptors (Lipinski definition) is 2. The van der Waals surface area contributed by atoms with Crippen LogP contribution in [0.2, 0.25) is 0 Å². The van der Waals surface area contributed by atoms with Gasteiger partial charge in [0.05, 0.1) is 0 Å². The minimum atomic E-state index is -0.273. The zero-order valence-electron chi connectivity index (χ0n) is 14.2. The van der Waals surface area contributed by atoms with E-state index in [1.165, 1.54) is 12.1 Å². The van der Waals surface area contributed by atoms with Gasteiger partial charge in [0.2, 0.25) is 0 Å². The van der Waals surface area contributed by atoms with E-state index in [1.807, 2.05) is 44.5 Å². The summed E-state index contributed by atoms with van der Waals surface area (Å²) in [6.45, 7) is 2.82. The fourth-order valence-electron chi connectivity index (χ4n) is 2.68. The zero-order chi connectivity index (χ0) is 17.1. The van der Waals surface area contributed by atoms with Gasteiger partial charge in [-0.15, -0.1) is 17.0 Å². The number of phenols is 1. The van der Waals surface area contributed by atoms with Crippen LogP contribution in [0.3, 0.4) is 0 Å². The van der Waals surface area contributed by atoms with Crippen molar-refractivity contribution in [1.29, 1.82) is 0 Å². The number of allylic oxidation sites excluding steroid dienone is 3. The van der Waals surface area contributed by atoms with Crippen LogP contribution < -0.4 is 0 Å². The van der Waals surface area contributed by atoms with Crippen molar-refractivity contribution < 1.29 is 9.50 Å². The highest BCUT2D eigenvalue weighted by atomic mass is 79.9. The van der Waals surface area contributed by atoms with Crippen molar-refractivity contribution >= 4 is 22.6 Å². The summed E-state index contributed by atoms with van der Waals surface area (Å²) in [7, 11) is 2.01. The van der Waals surface area contributed by atoms with Gasteiger partial charge >= 0.3 is 0 Å². The van der Waals surface area contributed by atoms with Gasteiger partial charge in [-0.05, 0) is 66.3 Å². The summed E-state index contributed by atoms with van der Waals surface area (Å²) in [5.41, 5.74) is 4.61. The summed E-state index contributed by atoms with van der Waals surface area (Å²) in [6.07, 6.45) is 8.20. The second-order valence-corrected chi connectivity index (χ2v) is 6.04. The number of aryl methyl sites for hydroxylation is 1. The number of likely N-dealkylation sites (N-methyl/N-ethyl adjacent to an activating group) is 1. The molecule has 1 heterocycles. The van der Waals surface area contributed by atoms with E-state index < -0.39 is 0 Å². The Kier molecular flexibility index (Phi) is 6.21. The summed E-state index contributed by atoms with van der Waals surface area (Å²) in [6, 6.07) is 11.9. The quantitative estimate of drug-likeness (QED) is 0.760. The molecule has 0 amide bonds. The average Bonchev–Trinajstić information content (AvgIpc) is 2.58. The molecule has 2 aromatic carbocycles. The normalized spacial score (nSPS) is 14.1.